The van der Waals surface area contributed by atoms with E-state index in [0.717, 1.165) is 0 Å². The summed E-state index contributed by atoms with van der Waals surface area (Å²) in [5.41, 5.74) is 4.83. The fraction of sp³-hybridized carbons (Fsp3) is 0.111. The van der Waals surface area contributed by atoms with Crippen molar-refractivity contribution in [3.8, 4) is 0 Å². The summed E-state index contributed by atoms with van der Waals surface area (Å²) < 4.78 is 38.1. The minimum Gasteiger partial charge on any atom is -0.327 e. The van der Waals surface area contributed by atoms with E-state index in [0.29, 0.717) is 12.1 Å². The number of nitrogens with two attached hydrogens (primary N) is 1. The van der Waals surface area contributed by atoms with E-state index in [1.165, 1.54) is 12.2 Å². The first-order chi connectivity index (χ1) is 6.15. The van der Waals surface area contributed by atoms with Crippen molar-refractivity contribution in [3.63, 3.8) is 0 Å². The van der Waals surface area contributed by atoms with E-state index < -0.39 is 17.5 Å². The van der Waals surface area contributed by atoms with E-state index in [1.807, 2.05) is 0 Å². The molecule has 0 aromatic heterocycles. The Kier molecular flexibility index (Phi) is 3.08. The Hall–Kier alpha value is -1.29. The standard InChI is InChI=1S/C9H8F3N/c10-6-4-8(11)7(2-1-3-13)9(12)5-6/h1-2,4-5H,3,13H2. The Morgan fingerprint density at radius 1 is 1.15 bits per heavy atom. The van der Waals surface area contributed by atoms with Gasteiger partial charge < -0.3 is 5.73 Å². The van der Waals surface area contributed by atoms with E-state index in [-0.39, 0.29) is 12.1 Å². The first kappa shape index (κ1) is 9.80. The molecule has 0 radical (unpaired) electrons. The molecule has 4 heteroatoms. The van der Waals surface area contributed by atoms with Gasteiger partial charge in [0.05, 0.1) is 0 Å². The van der Waals surface area contributed by atoms with Crippen LogP contribution in [0.2, 0.25) is 0 Å². The van der Waals surface area contributed by atoms with Crippen LogP contribution < -0.4 is 5.73 Å². The lowest BCUT2D eigenvalue weighted by Crippen LogP contribution is -1.95. The largest absolute Gasteiger partial charge is 0.327 e. The van der Waals surface area contributed by atoms with Crippen molar-refractivity contribution in [1.29, 1.82) is 0 Å². The zero-order chi connectivity index (χ0) is 9.84. The van der Waals surface area contributed by atoms with Crippen molar-refractivity contribution in [2.24, 2.45) is 5.73 Å². The summed E-state index contributed by atoms with van der Waals surface area (Å²) >= 11 is 0. The minimum absolute atomic E-state index is 0.177. The maximum absolute atomic E-state index is 12.9. The quantitative estimate of drug-likeness (QED) is 0.753. The summed E-state index contributed by atoms with van der Waals surface area (Å²) in [4.78, 5) is 0. The lowest BCUT2D eigenvalue weighted by molar-refractivity contribution is 0.540. The predicted octanol–water partition coefficient (Wildman–Crippen LogP) is 2.08. The van der Waals surface area contributed by atoms with Crippen LogP contribution in [0.25, 0.3) is 6.08 Å². The molecule has 2 N–H and O–H groups in total. The molecule has 0 aliphatic carbocycles. The first-order valence-corrected chi connectivity index (χ1v) is 3.66. The molecule has 0 heterocycles. The molecular weight excluding hydrogens is 179 g/mol. The smallest absolute Gasteiger partial charge is 0.136 e. The molecule has 1 nitrogen and oxygen atoms in total. The van der Waals surface area contributed by atoms with Gasteiger partial charge in [0.25, 0.3) is 0 Å². The van der Waals surface area contributed by atoms with E-state index >= 15 is 0 Å². The Balaban J connectivity index is 3.13. The summed E-state index contributed by atoms with van der Waals surface area (Å²) in [6.45, 7) is 0.177. The Labute approximate surface area is 73.7 Å². The van der Waals surface area contributed by atoms with Crippen molar-refractivity contribution >= 4 is 6.08 Å². The molecule has 0 aliphatic heterocycles. The highest BCUT2D eigenvalue weighted by Crippen LogP contribution is 2.15. The maximum atomic E-state index is 12.9. The molecular formula is C9H8F3N. The molecule has 0 bridgehead atoms. The maximum Gasteiger partial charge on any atom is 0.136 e. The number of benzene rings is 1. The highest BCUT2D eigenvalue weighted by Gasteiger charge is 2.07. The molecule has 70 valence electrons. The fourth-order valence-electron chi connectivity index (χ4n) is 0.898. The molecule has 0 aliphatic rings. The van der Waals surface area contributed by atoms with E-state index in [9.17, 15) is 13.2 Å². The van der Waals surface area contributed by atoms with Gasteiger partial charge in [0.15, 0.2) is 0 Å². The summed E-state index contributed by atoms with van der Waals surface area (Å²) in [7, 11) is 0. The van der Waals surface area contributed by atoms with Gasteiger partial charge in [0, 0.05) is 24.2 Å². The monoisotopic (exact) mass is 187 g/mol. The summed E-state index contributed by atoms with van der Waals surface area (Å²) in [6, 6.07) is 1.25. The lowest BCUT2D eigenvalue weighted by Gasteiger charge is -1.98. The third kappa shape index (κ3) is 2.32. The number of rotatable bonds is 2. The molecule has 0 unspecified atom stereocenters. The van der Waals surface area contributed by atoms with E-state index in [1.54, 1.807) is 0 Å². The number of hydrogen-bond acceptors (Lipinski definition) is 1. The van der Waals surface area contributed by atoms with Gasteiger partial charge in [-0.25, -0.2) is 13.2 Å². The minimum atomic E-state index is -0.931. The molecule has 1 aromatic carbocycles. The number of halogens is 3. The van der Waals surface area contributed by atoms with Gasteiger partial charge in [-0.2, -0.15) is 0 Å². The normalized spacial score (nSPS) is 11.1. The highest BCUT2D eigenvalue weighted by atomic mass is 19.1. The van der Waals surface area contributed by atoms with Gasteiger partial charge in [0.2, 0.25) is 0 Å². The molecule has 0 saturated carbocycles. The van der Waals surface area contributed by atoms with Crippen LogP contribution >= 0.6 is 0 Å². The van der Waals surface area contributed by atoms with Crippen LogP contribution in [-0.4, -0.2) is 6.54 Å². The third-order valence-corrected chi connectivity index (χ3v) is 1.46. The molecule has 0 atom stereocenters. The second-order valence-electron chi connectivity index (χ2n) is 2.42. The van der Waals surface area contributed by atoms with Gasteiger partial charge in [-0.3, -0.25) is 0 Å². The van der Waals surface area contributed by atoms with Crippen molar-refractivity contribution in [2.45, 2.75) is 0 Å². The van der Waals surface area contributed by atoms with Crippen molar-refractivity contribution in [3.05, 3.63) is 41.2 Å². The van der Waals surface area contributed by atoms with Crippen LogP contribution in [0.1, 0.15) is 5.56 Å². The second kappa shape index (κ2) is 4.09. The van der Waals surface area contributed by atoms with Gasteiger partial charge >= 0.3 is 0 Å². The van der Waals surface area contributed by atoms with E-state index in [2.05, 4.69) is 0 Å². The van der Waals surface area contributed by atoms with Gasteiger partial charge in [-0.05, 0) is 0 Å². The molecule has 0 spiro atoms. The fourth-order valence-corrected chi connectivity index (χ4v) is 0.898. The lowest BCUT2D eigenvalue weighted by atomic mass is 10.2. The zero-order valence-corrected chi connectivity index (χ0v) is 6.73. The molecule has 13 heavy (non-hydrogen) atoms. The first-order valence-electron chi connectivity index (χ1n) is 3.66. The van der Waals surface area contributed by atoms with Gasteiger partial charge in [-0.1, -0.05) is 12.2 Å². The van der Waals surface area contributed by atoms with Crippen LogP contribution in [-0.2, 0) is 0 Å². The van der Waals surface area contributed by atoms with Crippen LogP contribution in [0.4, 0.5) is 13.2 Å². The Bertz CT molecular complexity index is 311. The van der Waals surface area contributed by atoms with Crippen molar-refractivity contribution in [2.75, 3.05) is 6.54 Å². The average Bonchev–Trinajstić information content (AvgIpc) is 2.02. The third-order valence-electron chi connectivity index (χ3n) is 1.46. The van der Waals surface area contributed by atoms with Crippen LogP contribution in [0.5, 0.6) is 0 Å². The molecule has 1 aromatic rings. The van der Waals surface area contributed by atoms with Gasteiger partial charge in [0.1, 0.15) is 17.5 Å². The molecule has 1 rings (SSSR count). The topological polar surface area (TPSA) is 26.0 Å². The SMILES string of the molecule is NCC=Cc1c(F)cc(F)cc1F. The zero-order valence-electron chi connectivity index (χ0n) is 6.73. The van der Waals surface area contributed by atoms with Crippen LogP contribution in [0.15, 0.2) is 18.2 Å². The molecule has 0 amide bonds. The van der Waals surface area contributed by atoms with Crippen LogP contribution in [0, 0.1) is 17.5 Å². The molecule has 0 fully saturated rings. The van der Waals surface area contributed by atoms with E-state index in [4.69, 9.17) is 5.73 Å². The Morgan fingerprint density at radius 3 is 2.15 bits per heavy atom. The van der Waals surface area contributed by atoms with Crippen molar-refractivity contribution in [1.82, 2.24) is 0 Å². The summed E-state index contributed by atoms with van der Waals surface area (Å²) in [6.07, 6.45) is 2.57. The molecule has 0 saturated heterocycles. The van der Waals surface area contributed by atoms with Crippen LogP contribution in [0.3, 0.4) is 0 Å². The Morgan fingerprint density at radius 2 is 1.69 bits per heavy atom. The predicted molar refractivity (Wildman–Crippen MR) is 44.4 cm³/mol. The second-order valence-corrected chi connectivity index (χ2v) is 2.42. The highest BCUT2D eigenvalue weighted by molar-refractivity contribution is 5.50. The number of hydrogen-bond donors (Lipinski definition) is 1. The average molecular weight is 187 g/mol. The van der Waals surface area contributed by atoms with Crippen molar-refractivity contribution < 1.29 is 13.2 Å². The summed E-state index contributed by atoms with van der Waals surface area (Å²) in [5.74, 6) is -2.79. The van der Waals surface area contributed by atoms with Gasteiger partial charge in [-0.15, -0.1) is 0 Å². The summed E-state index contributed by atoms with van der Waals surface area (Å²) in [5, 5.41) is 0.